The molecule has 1 N–H and O–H groups in total. The Labute approximate surface area is 170 Å². The van der Waals surface area contributed by atoms with E-state index in [2.05, 4.69) is 5.32 Å². The Morgan fingerprint density at radius 3 is 2.79 bits per heavy atom. The number of sulfonamides is 1. The fourth-order valence-electron chi connectivity index (χ4n) is 3.90. The van der Waals surface area contributed by atoms with E-state index >= 15 is 0 Å². The lowest BCUT2D eigenvalue weighted by molar-refractivity contribution is 0.0706. The van der Waals surface area contributed by atoms with Gasteiger partial charge < -0.3 is 15.0 Å². The van der Waals surface area contributed by atoms with Gasteiger partial charge in [0, 0.05) is 31.8 Å². The number of rotatable bonds is 4. The summed E-state index contributed by atoms with van der Waals surface area (Å²) in [5.41, 5.74) is 0.397. The Balaban J connectivity index is 0.00000225. The van der Waals surface area contributed by atoms with Crippen LogP contribution in [-0.2, 0) is 14.8 Å². The first-order valence-corrected chi connectivity index (χ1v) is 10.6. The fourth-order valence-corrected chi connectivity index (χ4v) is 5.53. The number of hydrogen-bond acceptors (Lipinski definition) is 6. The van der Waals surface area contributed by atoms with Crippen LogP contribution in [0.15, 0.2) is 23.1 Å². The number of halogens is 1. The van der Waals surface area contributed by atoms with Crippen molar-refractivity contribution in [3.05, 3.63) is 29.3 Å². The largest absolute Gasteiger partial charge is 0.376 e. The molecule has 2 fully saturated rings. The van der Waals surface area contributed by atoms with Crippen LogP contribution < -0.4 is 5.32 Å². The van der Waals surface area contributed by atoms with Gasteiger partial charge in [0.05, 0.1) is 18.2 Å². The first-order valence-electron chi connectivity index (χ1n) is 9.20. The Morgan fingerprint density at radius 2 is 2.14 bits per heavy atom. The predicted molar refractivity (Wildman–Crippen MR) is 104 cm³/mol. The summed E-state index contributed by atoms with van der Waals surface area (Å²) in [5.74, 6) is -0.792. The molecule has 4 rings (SSSR count). The molecular weight excluding hydrogens is 406 g/mol. The number of carbonyl (C=O) groups is 2. The number of likely N-dealkylation sites (N-methyl/N-ethyl adjacent to an activating group) is 1. The molecule has 1 aromatic rings. The van der Waals surface area contributed by atoms with Crippen molar-refractivity contribution < 1.29 is 22.7 Å². The van der Waals surface area contributed by atoms with Gasteiger partial charge in [-0.3, -0.25) is 9.59 Å². The highest BCUT2D eigenvalue weighted by atomic mass is 35.5. The van der Waals surface area contributed by atoms with Crippen molar-refractivity contribution >= 4 is 34.2 Å². The highest BCUT2D eigenvalue weighted by Gasteiger charge is 2.43. The van der Waals surface area contributed by atoms with Gasteiger partial charge in [0.2, 0.25) is 0 Å². The highest BCUT2D eigenvalue weighted by Crippen LogP contribution is 2.32. The highest BCUT2D eigenvalue weighted by molar-refractivity contribution is 7.90. The van der Waals surface area contributed by atoms with E-state index in [0.717, 1.165) is 36.7 Å². The minimum absolute atomic E-state index is 0. The molecule has 8 nitrogen and oxygen atoms in total. The van der Waals surface area contributed by atoms with Gasteiger partial charge in [-0.15, -0.1) is 12.4 Å². The molecule has 3 aliphatic rings. The van der Waals surface area contributed by atoms with Gasteiger partial charge in [0.1, 0.15) is 4.90 Å². The van der Waals surface area contributed by atoms with Crippen molar-refractivity contribution in [2.24, 2.45) is 0 Å². The minimum atomic E-state index is -3.96. The first-order chi connectivity index (χ1) is 12.9. The van der Waals surface area contributed by atoms with E-state index in [1.807, 2.05) is 0 Å². The van der Waals surface area contributed by atoms with Gasteiger partial charge in [-0.05, 0) is 44.0 Å². The zero-order valence-corrected chi connectivity index (χ0v) is 17.2. The van der Waals surface area contributed by atoms with Gasteiger partial charge in [-0.2, -0.15) is 0 Å². The number of nitrogens with one attached hydrogen (secondary N) is 1. The van der Waals surface area contributed by atoms with E-state index in [1.165, 1.54) is 18.2 Å². The first kappa shape index (κ1) is 21.0. The smallest absolute Gasteiger partial charge is 0.269 e. The van der Waals surface area contributed by atoms with E-state index in [1.54, 1.807) is 11.9 Å². The number of fused-ring (bicyclic) bond motifs is 1. The predicted octanol–water partition coefficient (Wildman–Crippen LogP) is 0.866. The van der Waals surface area contributed by atoms with Crippen LogP contribution >= 0.6 is 12.4 Å². The second kappa shape index (κ2) is 7.98. The van der Waals surface area contributed by atoms with Crippen LogP contribution in [0.2, 0.25) is 0 Å². The van der Waals surface area contributed by atoms with Crippen molar-refractivity contribution in [1.82, 2.24) is 14.5 Å². The molecule has 2 saturated heterocycles. The molecule has 3 aliphatic heterocycles. The third kappa shape index (κ3) is 3.52. The van der Waals surface area contributed by atoms with E-state index in [4.69, 9.17) is 4.74 Å². The molecule has 3 heterocycles. The number of hydrogen-bond donors (Lipinski definition) is 1. The molecule has 0 aromatic heterocycles. The van der Waals surface area contributed by atoms with Crippen LogP contribution in [0.3, 0.4) is 0 Å². The average Bonchev–Trinajstić information content (AvgIpc) is 3.39. The summed E-state index contributed by atoms with van der Waals surface area (Å²) >= 11 is 0. The zero-order chi connectivity index (χ0) is 19.2. The second-order valence-electron chi connectivity index (χ2n) is 7.25. The normalized spacial score (nSPS) is 25.5. The molecule has 1 aromatic carbocycles. The third-order valence-corrected chi connectivity index (χ3v) is 7.34. The minimum Gasteiger partial charge on any atom is -0.376 e. The number of ether oxygens (including phenoxy) is 1. The molecule has 2 unspecified atom stereocenters. The van der Waals surface area contributed by atoms with Crippen LogP contribution in [0.1, 0.15) is 40.0 Å². The molecule has 10 heteroatoms. The third-order valence-electron chi connectivity index (χ3n) is 5.55. The summed E-state index contributed by atoms with van der Waals surface area (Å²) in [6.07, 6.45) is 2.19. The number of nitrogens with zero attached hydrogens (tertiary/aromatic N) is 2. The van der Waals surface area contributed by atoms with E-state index in [0.29, 0.717) is 6.61 Å². The molecular formula is C18H24ClN3O5S. The van der Waals surface area contributed by atoms with Crippen LogP contribution in [-0.4, -0.2) is 74.9 Å². The zero-order valence-electron chi connectivity index (χ0n) is 15.6. The number of benzene rings is 1. The van der Waals surface area contributed by atoms with Gasteiger partial charge in [-0.1, -0.05) is 0 Å². The molecule has 0 saturated carbocycles. The lowest BCUT2D eigenvalue weighted by atomic mass is 10.1. The quantitative estimate of drug-likeness (QED) is 0.762. The van der Waals surface area contributed by atoms with Crippen molar-refractivity contribution in [2.45, 2.75) is 36.3 Å². The summed E-state index contributed by atoms with van der Waals surface area (Å²) in [4.78, 5) is 26.9. The molecule has 154 valence electrons. The molecule has 2 atom stereocenters. The Hall–Kier alpha value is -1.68. The lowest BCUT2D eigenvalue weighted by Crippen LogP contribution is -2.38. The van der Waals surface area contributed by atoms with E-state index in [-0.39, 0.29) is 53.0 Å². The molecule has 0 aliphatic carbocycles. The lowest BCUT2D eigenvalue weighted by Gasteiger charge is -2.24. The number of carbonyl (C=O) groups excluding carboxylic acids is 2. The summed E-state index contributed by atoms with van der Waals surface area (Å²) in [5, 5.41) is 3.21. The van der Waals surface area contributed by atoms with E-state index < -0.39 is 15.9 Å². The van der Waals surface area contributed by atoms with Gasteiger partial charge in [0.15, 0.2) is 0 Å². The topological polar surface area (TPSA) is 96.0 Å². The Kier molecular flexibility index (Phi) is 6.00. The maximum Gasteiger partial charge on any atom is 0.269 e. The fraction of sp³-hybridized carbons (Fsp3) is 0.556. The Morgan fingerprint density at radius 1 is 1.36 bits per heavy atom. The maximum absolute atomic E-state index is 12.9. The summed E-state index contributed by atoms with van der Waals surface area (Å²) in [7, 11) is -2.24. The molecule has 0 spiro atoms. The van der Waals surface area contributed by atoms with Gasteiger partial charge in [-0.25, -0.2) is 12.7 Å². The maximum atomic E-state index is 12.9. The second-order valence-corrected chi connectivity index (χ2v) is 9.08. The van der Waals surface area contributed by atoms with Crippen molar-refractivity contribution in [2.75, 3.05) is 33.3 Å². The van der Waals surface area contributed by atoms with Crippen LogP contribution in [0.5, 0.6) is 0 Å². The van der Waals surface area contributed by atoms with E-state index in [9.17, 15) is 18.0 Å². The van der Waals surface area contributed by atoms with Crippen LogP contribution in [0.4, 0.5) is 0 Å². The van der Waals surface area contributed by atoms with Gasteiger partial charge >= 0.3 is 0 Å². The standard InChI is InChI=1S/C18H23N3O5S.ClH/c1-20(13-6-7-19-10-13)17(22)12-4-5-15-16(9-12)27(24,25)21(18(15)23)11-14-3-2-8-26-14;/h4-5,9,13-14,19H,2-3,6-8,10-11H2,1H3;1H. The molecule has 0 radical (unpaired) electrons. The Bertz CT molecular complexity index is 879. The molecule has 28 heavy (non-hydrogen) atoms. The molecule has 0 bridgehead atoms. The SMILES string of the molecule is CN(C(=O)c1ccc2c(c1)S(=O)(=O)N(CC1CCCO1)C2=O)C1CCNC1.Cl. The van der Waals surface area contributed by atoms with Crippen LogP contribution in [0, 0.1) is 0 Å². The van der Waals surface area contributed by atoms with Crippen molar-refractivity contribution in [1.29, 1.82) is 0 Å². The number of amides is 2. The summed E-state index contributed by atoms with van der Waals surface area (Å²) < 4.78 is 32.2. The average molecular weight is 430 g/mol. The van der Waals surface area contributed by atoms with Crippen molar-refractivity contribution in [3.8, 4) is 0 Å². The summed E-state index contributed by atoms with van der Waals surface area (Å²) in [6, 6.07) is 4.39. The van der Waals surface area contributed by atoms with Crippen LogP contribution in [0.25, 0.3) is 0 Å². The molecule has 2 amide bonds. The van der Waals surface area contributed by atoms with Crippen molar-refractivity contribution in [3.63, 3.8) is 0 Å². The summed E-state index contributed by atoms with van der Waals surface area (Å²) in [6.45, 7) is 2.18. The van der Waals surface area contributed by atoms with Gasteiger partial charge in [0.25, 0.3) is 21.8 Å². The monoisotopic (exact) mass is 429 g/mol.